The van der Waals surface area contributed by atoms with Crippen LogP contribution < -0.4 is 11.1 Å². The first-order valence-corrected chi connectivity index (χ1v) is 6.75. The Morgan fingerprint density at radius 3 is 2.65 bits per heavy atom. The first kappa shape index (κ1) is 14.3. The Bertz CT molecular complexity index is 607. The predicted molar refractivity (Wildman–Crippen MR) is 81.4 cm³/mol. The number of rotatable bonds is 5. The topological polar surface area (TPSA) is 55.1 Å². The molecule has 0 heterocycles. The van der Waals surface area contributed by atoms with Gasteiger partial charge in [0, 0.05) is 18.2 Å². The minimum Gasteiger partial charge on any atom is -0.366 e. The third-order valence-corrected chi connectivity index (χ3v) is 3.37. The van der Waals surface area contributed by atoms with Crippen molar-refractivity contribution in [1.29, 1.82) is 0 Å². The number of nitrogens with one attached hydrogen (secondary N) is 1. The van der Waals surface area contributed by atoms with E-state index in [1.807, 2.05) is 18.2 Å². The maximum atomic E-state index is 11.2. The Morgan fingerprint density at radius 2 is 1.95 bits per heavy atom. The molecule has 2 aromatic rings. The molecule has 2 rings (SSSR count). The zero-order chi connectivity index (χ0) is 14.5. The van der Waals surface area contributed by atoms with Crippen LogP contribution in [0.2, 0.25) is 0 Å². The lowest BCUT2D eigenvalue weighted by Gasteiger charge is -2.15. The lowest BCUT2D eigenvalue weighted by atomic mass is 10.1. The molecule has 3 nitrogen and oxygen atoms in total. The molecule has 0 spiro atoms. The summed E-state index contributed by atoms with van der Waals surface area (Å²) < 4.78 is 0. The molecule has 0 aliphatic heterocycles. The highest BCUT2D eigenvalue weighted by atomic mass is 16.1. The second kappa shape index (κ2) is 6.35. The molecular weight excluding hydrogens is 248 g/mol. The van der Waals surface area contributed by atoms with E-state index in [2.05, 4.69) is 43.4 Å². The highest BCUT2D eigenvalue weighted by molar-refractivity contribution is 5.92. The quantitative estimate of drug-likeness (QED) is 0.876. The molecule has 0 bridgehead atoms. The van der Waals surface area contributed by atoms with Crippen LogP contribution in [0.4, 0.5) is 0 Å². The molecule has 0 aliphatic rings. The number of benzene rings is 2. The molecule has 1 unspecified atom stereocenters. The summed E-state index contributed by atoms with van der Waals surface area (Å²) in [5, 5.41) is 3.46. The normalized spacial score (nSPS) is 12.1. The molecule has 104 valence electrons. The van der Waals surface area contributed by atoms with Gasteiger partial charge < -0.3 is 11.1 Å². The van der Waals surface area contributed by atoms with Gasteiger partial charge in [-0.15, -0.1) is 0 Å². The average Bonchev–Trinajstić information content (AvgIpc) is 2.45. The molecule has 3 N–H and O–H groups in total. The van der Waals surface area contributed by atoms with Gasteiger partial charge in [-0.2, -0.15) is 0 Å². The summed E-state index contributed by atoms with van der Waals surface area (Å²) in [7, 11) is 0. The largest absolute Gasteiger partial charge is 0.366 e. The Hall–Kier alpha value is -2.13. The summed E-state index contributed by atoms with van der Waals surface area (Å²) in [6.07, 6.45) is 0. The van der Waals surface area contributed by atoms with Crippen LogP contribution in [0.1, 0.15) is 40.0 Å². The number of hydrogen-bond donors (Lipinski definition) is 2. The lowest BCUT2D eigenvalue weighted by molar-refractivity contribution is 0.1000. The van der Waals surface area contributed by atoms with Gasteiger partial charge >= 0.3 is 0 Å². The van der Waals surface area contributed by atoms with Crippen molar-refractivity contribution in [2.75, 3.05) is 0 Å². The Labute approximate surface area is 119 Å². The Kier molecular flexibility index (Phi) is 4.53. The van der Waals surface area contributed by atoms with Gasteiger partial charge in [0.05, 0.1) is 0 Å². The van der Waals surface area contributed by atoms with E-state index in [1.54, 1.807) is 6.07 Å². The van der Waals surface area contributed by atoms with Crippen LogP contribution >= 0.6 is 0 Å². The minimum atomic E-state index is -0.390. The molecular formula is C17H20N2O. The third-order valence-electron chi connectivity index (χ3n) is 3.37. The van der Waals surface area contributed by atoms with E-state index in [-0.39, 0.29) is 6.04 Å². The fourth-order valence-electron chi connectivity index (χ4n) is 2.16. The second-order valence-electron chi connectivity index (χ2n) is 5.08. The molecule has 20 heavy (non-hydrogen) atoms. The Morgan fingerprint density at radius 1 is 1.20 bits per heavy atom. The predicted octanol–water partition coefficient (Wildman–Crippen LogP) is 2.94. The van der Waals surface area contributed by atoms with Crippen molar-refractivity contribution < 1.29 is 4.79 Å². The summed E-state index contributed by atoms with van der Waals surface area (Å²) in [6.45, 7) is 4.93. The molecule has 2 aromatic carbocycles. The highest BCUT2D eigenvalue weighted by Gasteiger charge is 2.06. The molecule has 0 aliphatic carbocycles. The lowest BCUT2D eigenvalue weighted by Crippen LogP contribution is -2.18. The smallest absolute Gasteiger partial charge is 0.248 e. The van der Waals surface area contributed by atoms with Crippen molar-refractivity contribution in [2.24, 2.45) is 5.73 Å². The summed E-state index contributed by atoms with van der Waals surface area (Å²) in [4.78, 5) is 11.2. The fourth-order valence-corrected chi connectivity index (χ4v) is 2.16. The van der Waals surface area contributed by atoms with E-state index in [0.29, 0.717) is 12.1 Å². The number of primary amides is 1. The van der Waals surface area contributed by atoms with E-state index in [0.717, 1.165) is 5.56 Å². The van der Waals surface area contributed by atoms with Crippen molar-refractivity contribution in [3.63, 3.8) is 0 Å². The van der Waals surface area contributed by atoms with E-state index < -0.39 is 5.91 Å². The molecule has 0 fully saturated rings. The summed E-state index contributed by atoms with van der Waals surface area (Å²) in [5.74, 6) is -0.390. The van der Waals surface area contributed by atoms with E-state index in [9.17, 15) is 4.79 Å². The van der Waals surface area contributed by atoms with Gasteiger partial charge in [-0.1, -0.05) is 42.0 Å². The number of aryl methyl sites for hydroxylation is 1. The maximum absolute atomic E-state index is 11.2. The number of carbonyl (C=O) groups is 1. The zero-order valence-electron chi connectivity index (χ0n) is 11.9. The highest BCUT2D eigenvalue weighted by Crippen LogP contribution is 2.15. The molecule has 0 saturated carbocycles. The van der Waals surface area contributed by atoms with Gasteiger partial charge in [0.15, 0.2) is 0 Å². The van der Waals surface area contributed by atoms with Crippen LogP contribution in [0.15, 0.2) is 48.5 Å². The van der Waals surface area contributed by atoms with Crippen LogP contribution in [-0.2, 0) is 6.54 Å². The van der Waals surface area contributed by atoms with Crippen LogP contribution in [0, 0.1) is 6.92 Å². The summed E-state index contributed by atoms with van der Waals surface area (Å²) in [5.41, 5.74) is 9.41. The maximum Gasteiger partial charge on any atom is 0.248 e. The monoisotopic (exact) mass is 268 g/mol. The SMILES string of the molecule is Cc1cccc(C(C)NCc2cccc(C(N)=O)c2)c1. The number of nitrogens with two attached hydrogens (primary N) is 1. The second-order valence-corrected chi connectivity index (χ2v) is 5.08. The molecule has 0 aromatic heterocycles. The van der Waals surface area contributed by atoms with Gasteiger partial charge in [0.1, 0.15) is 0 Å². The van der Waals surface area contributed by atoms with Gasteiger partial charge in [0.25, 0.3) is 0 Å². The van der Waals surface area contributed by atoms with Crippen LogP contribution in [-0.4, -0.2) is 5.91 Å². The zero-order valence-corrected chi connectivity index (χ0v) is 11.9. The van der Waals surface area contributed by atoms with E-state index >= 15 is 0 Å². The van der Waals surface area contributed by atoms with Crippen molar-refractivity contribution in [3.05, 3.63) is 70.8 Å². The standard InChI is InChI=1S/C17H20N2O/c1-12-5-3-7-15(9-12)13(2)19-11-14-6-4-8-16(10-14)17(18)20/h3-10,13,19H,11H2,1-2H3,(H2,18,20). The molecule has 1 amide bonds. The van der Waals surface area contributed by atoms with Gasteiger partial charge in [-0.3, -0.25) is 4.79 Å². The molecule has 3 heteroatoms. The van der Waals surface area contributed by atoms with Crippen molar-refractivity contribution >= 4 is 5.91 Å². The van der Waals surface area contributed by atoms with Crippen LogP contribution in [0.25, 0.3) is 0 Å². The van der Waals surface area contributed by atoms with Crippen LogP contribution in [0.5, 0.6) is 0 Å². The van der Waals surface area contributed by atoms with Gasteiger partial charge in [0.2, 0.25) is 5.91 Å². The van der Waals surface area contributed by atoms with Crippen molar-refractivity contribution in [1.82, 2.24) is 5.32 Å². The van der Waals surface area contributed by atoms with Crippen LogP contribution in [0.3, 0.4) is 0 Å². The van der Waals surface area contributed by atoms with Crippen molar-refractivity contribution in [2.45, 2.75) is 26.4 Å². The summed E-state index contributed by atoms with van der Waals surface area (Å²) in [6, 6.07) is 16.1. The minimum absolute atomic E-state index is 0.257. The number of hydrogen-bond acceptors (Lipinski definition) is 2. The van der Waals surface area contributed by atoms with Gasteiger partial charge in [-0.25, -0.2) is 0 Å². The van der Waals surface area contributed by atoms with Crippen molar-refractivity contribution in [3.8, 4) is 0 Å². The molecule has 1 atom stereocenters. The number of carbonyl (C=O) groups excluding carboxylic acids is 1. The number of amides is 1. The van der Waals surface area contributed by atoms with E-state index in [1.165, 1.54) is 11.1 Å². The average molecular weight is 268 g/mol. The van der Waals surface area contributed by atoms with E-state index in [4.69, 9.17) is 5.73 Å². The third kappa shape index (κ3) is 3.68. The fraction of sp³-hybridized carbons (Fsp3) is 0.235. The first-order chi connectivity index (χ1) is 9.56. The van der Waals surface area contributed by atoms with Gasteiger partial charge in [-0.05, 0) is 37.1 Å². The first-order valence-electron chi connectivity index (χ1n) is 6.75. The molecule has 0 radical (unpaired) electrons. The molecule has 0 saturated heterocycles. The Balaban J connectivity index is 2.01. The summed E-state index contributed by atoms with van der Waals surface area (Å²) >= 11 is 0.